The summed E-state index contributed by atoms with van der Waals surface area (Å²) in [6.07, 6.45) is 1.22. The molecular formula is C11H22N2O2. The van der Waals surface area contributed by atoms with Crippen LogP contribution in [0.15, 0.2) is 0 Å². The molecule has 1 amide bonds. The van der Waals surface area contributed by atoms with E-state index in [0.29, 0.717) is 5.92 Å². The highest BCUT2D eigenvalue weighted by atomic mass is 16.5. The quantitative estimate of drug-likeness (QED) is 0.743. The fourth-order valence-electron chi connectivity index (χ4n) is 1.94. The zero-order chi connectivity index (χ0) is 11.4. The number of methoxy groups -OCH3 is 1. The fraction of sp³-hybridized carbons (Fsp3) is 0.909. The molecule has 0 radical (unpaired) electrons. The minimum atomic E-state index is -0.101. The molecule has 1 rings (SSSR count). The number of piperidine rings is 1. The largest absolute Gasteiger partial charge is 0.379 e. The maximum absolute atomic E-state index is 11.9. The molecule has 1 N–H and O–H groups in total. The number of hydrogen-bond acceptors (Lipinski definition) is 3. The molecule has 0 aromatic heterocycles. The monoisotopic (exact) mass is 214 g/mol. The lowest BCUT2D eigenvalue weighted by molar-refractivity contribution is -0.137. The van der Waals surface area contributed by atoms with E-state index in [1.807, 2.05) is 18.9 Å². The summed E-state index contributed by atoms with van der Waals surface area (Å²) in [6, 6.07) is -0.101. The molecule has 88 valence electrons. The number of likely N-dealkylation sites (tertiary alicyclic amines) is 1. The van der Waals surface area contributed by atoms with Gasteiger partial charge in [-0.25, -0.2) is 0 Å². The molecule has 15 heavy (non-hydrogen) atoms. The van der Waals surface area contributed by atoms with E-state index in [9.17, 15) is 4.79 Å². The van der Waals surface area contributed by atoms with Gasteiger partial charge in [-0.1, -0.05) is 6.92 Å². The third-order valence-electron chi connectivity index (χ3n) is 3.31. The van der Waals surface area contributed by atoms with E-state index in [1.54, 1.807) is 7.11 Å². The van der Waals surface area contributed by atoms with Crippen LogP contribution in [0.5, 0.6) is 0 Å². The second-order valence-corrected chi connectivity index (χ2v) is 4.33. The van der Waals surface area contributed by atoms with Crippen molar-refractivity contribution in [1.82, 2.24) is 10.2 Å². The van der Waals surface area contributed by atoms with Crippen molar-refractivity contribution in [2.45, 2.75) is 32.4 Å². The van der Waals surface area contributed by atoms with Gasteiger partial charge in [0, 0.05) is 20.2 Å². The Labute approximate surface area is 92.0 Å². The summed E-state index contributed by atoms with van der Waals surface area (Å²) in [6.45, 7) is 5.65. The Balaban J connectivity index is 2.54. The van der Waals surface area contributed by atoms with Crippen molar-refractivity contribution in [3.63, 3.8) is 0 Å². The standard InChI is InChI=1S/C11H22N2O2/c1-8-5-6-13(7-10(8)15-4)11(14)9(2)12-3/h8-10,12H,5-7H2,1-4H3. The van der Waals surface area contributed by atoms with E-state index in [2.05, 4.69) is 12.2 Å². The van der Waals surface area contributed by atoms with Crippen molar-refractivity contribution in [3.05, 3.63) is 0 Å². The van der Waals surface area contributed by atoms with Gasteiger partial charge in [0.2, 0.25) is 5.91 Å². The van der Waals surface area contributed by atoms with Gasteiger partial charge in [-0.3, -0.25) is 4.79 Å². The van der Waals surface area contributed by atoms with Gasteiger partial charge < -0.3 is 15.0 Å². The van der Waals surface area contributed by atoms with Crippen LogP contribution in [-0.2, 0) is 9.53 Å². The fourth-order valence-corrected chi connectivity index (χ4v) is 1.94. The molecule has 1 fully saturated rings. The molecule has 0 spiro atoms. The maximum atomic E-state index is 11.9. The van der Waals surface area contributed by atoms with Gasteiger partial charge in [-0.2, -0.15) is 0 Å². The average molecular weight is 214 g/mol. The maximum Gasteiger partial charge on any atom is 0.239 e. The molecule has 3 atom stereocenters. The SMILES string of the molecule is CNC(C)C(=O)N1CCC(C)C(OC)C1. The number of carbonyl (C=O) groups is 1. The molecule has 0 aliphatic carbocycles. The predicted octanol–water partition coefficient (Wildman–Crippen LogP) is 0.478. The first-order valence-corrected chi connectivity index (χ1v) is 5.59. The second-order valence-electron chi connectivity index (χ2n) is 4.33. The molecular weight excluding hydrogens is 192 g/mol. The van der Waals surface area contributed by atoms with Crippen molar-refractivity contribution in [2.75, 3.05) is 27.2 Å². The van der Waals surface area contributed by atoms with Crippen LogP contribution < -0.4 is 5.32 Å². The third-order valence-corrected chi connectivity index (χ3v) is 3.31. The summed E-state index contributed by atoms with van der Waals surface area (Å²) in [5.74, 6) is 0.718. The lowest BCUT2D eigenvalue weighted by Gasteiger charge is -2.37. The summed E-state index contributed by atoms with van der Waals surface area (Å²) in [5.41, 5.74) is 0. The molecule has 0 bridgehead atoms. The van der Waals surface area contributed by atoms with E-state index in [-0.39, 0.29) is 18.1 Å². The highest BCUT2D eigenvalue weighted by molar-refractivity contribution is 5.81. The molecule has 4 heteroatoms. The first-order chi connectivity index (χ1) is 7.10. The summed E-state index contributed by atoms with van der Waals surface area (Å²) in [5, 5.41) is 2.97. The van der Waals surface area contributed by atoms with E-state index in [4.69, 9.17) is 4.74 Å². The molecule has 0 saturated carbocycles. The Morgan fingerprint density at radius 3 is 2.80 bits per heavy atom. The molecule has 4 nitrogen and oxygen atoms in total. The smallest absolute Gasteiger partial charge is 0.239 e. The van der Waals surface area contributed by atoms with Crippen LogP contribution >= 0.6 is 0 Å². The average Bonchev–Trinajstić information content (AvgIpc) is 2.27. The molecule has 1 heterocycles. The zero-order valence-corrected chi connectivity index (χ0v) is 10.1. The van der Waals surface area contributed by atoms with E-state index in [0.717, 1.165) is 19.5 Å². The number of carbonyl (C=O) groups excluding carboxylic acids is 1. The second kappa shape index (κ2) is 5.47. The van der Waals surface area contributed by atoms with Crippen molar-refractivity contribution in [2.24, 2.45) is 5.92 Å². The van der Waals surface area contributed by atoms with Gasteiger partial charge >= 0.3 is 0 Å². The van der Waals surface area contributed by atoms with Crippen LogP contribution in [0.2, 0.25) is 0 Å². The van der Waals surface area contributed by atoms with Crippen molar-refractivity contribution >= 4 is 5.91 Å². The van der Waals surface area contributed by atoms with Crippen LogP contribution in [0.25, 0.3) is 0 Å². The number of rotatable bonds is 3. The highest BCUT2D eigenvalue weighted by Gasteiger charge is 2.30. The molecule has 1 aliphatic rings. The van der Waals surface area contributed by atoms with Crippen LogP contribution in [0, 0.1) is 5.92 Å². The number of nitrogens with zero attached hydrogens (tertiary/aromatic N) is 1. The van der Waals surface area contributed by atoms with E-state index < -0.39 is 0 Å². The summed E-state index contributed by atoms with van der Waals surface area (Å²) in [4.78, 5) is 13.8. The number of nitrogens with one attached hydrogen (secondary N) is 1. The van der Waals surface area contributed by atoms with Crippen LogP contribution in [0.4, 0.5) is 0 Å². The number of hydrogen-bond donors (Lipinski definition) is 1. The Morgan fingerprint density at radius 2 is 2.27 bits per heavy atom. The molecule has 1 saturated heterocycles. The molecule has 0 aromatic rings. The first-order valence-electron chi connectivity index (χ1n) is 5.59. The zero-order valence-electron chi connectivity index (χ0n) is 10.1. The molecule has 3 unspecified atom stereocenters. The van der Waals surface area contributed by atoms with E-state index in [1.165, 1.54) is 0 Å². The number of ether oxygens (including phenoxy) is 1. The number of likely N-dealkylation sites (N-methyl/N-ethyl adjacent to an activating group) is 1. The van der Waals surface area contributed by atoms with Gasteiger partial charge in [0.1, 0.15) is 0 Å². The summed E-state index contributed by atoms with van der Waals surface area (Å²) in [7, 11) is 3.53. The van der Waals surface area contributed by atoms with Crippen molar-refractivity contribution in [3.8, 4) is 0 Å². The van der Waals surface area contributed by atoms with Crippen LogP contribution in [-0.4, -0.2) is 50.2 Å². The lowest BCUT2D eigenvalue weighted by atomic mass is 9.95. The van der Waals surface area contributed by atoms with Gasteiger partial charge in [0.05, 0.1) is 12.1 Å². The normalized spacial score (nSPS) is 28.9. The van der Waals surface area contributed by atoms with Gasteiger partial charge in [0.15, 0.2) is 0 Å². The van der Waals surface area contributed by atoms with Crippen molar-refractivity contribution < 1.29 is 9.53 Å². The van der Waals surface area contributed by atoms with Gasteiger partial charge in [0.25, 0.3) is 0 Å². The third kappa shape index (κ3) is 2.92. The van der Waals surface area contributed by atoms with E-state index >= 15 is 0 Å². The predicted molar refractivity (Wildman–Crippen MR) is 59.7 cm³/mol. The highest BCUT2D eigenvalue weighted by Crippen LogP contribution is 2.19. The molecule has 0 aromatic carbocycles. The topological polar surface area (TPSA) is 41.6 Å². The Kier molecular flexibility index (Phi) is 4.54. The Hall–Kier alpha value is -0.610. The lowest BCUT2D eigenvalue weighted by Crippen LogP contribution is -2.51. The van der Waals surface area contributed by atoms with Crippen LogP contribution in [0.1, 0.15) is 20.3 Å². The number of amides is 1. The van der Waals surface area contributed by atoms with Crippen molar-refractivity contribution in [1.29, 1.82) is 0 Å². The minimum absolute atomic E-state index is 0.101. The summed E-state index contributed by atoms with van der Waals surface area (Å²) >= 11 is 0. The first kappa shape index (κ1) is 12.5. The van der Waals surface area contributed by atoms with Crippen LogP contribution in [0.3, 0.4) is 0 Å². The Morgan fingerprint density at radius 1 is 1.60 bits per heavy atom. The molecule has 1 aliphatic heterocycles. The summed E-state index contributed by atoms with van der Waals surface area (Å²) < 4.78 is 5.38. The Bertz CT molecular complexity index is 221. The van der Waals surface area contributed by atoms with Gasteiger partial charge in [-0.15, -0.1) is 0 Å². The minimum Gasteiger partial charge on any atom is -0.379 e. The van der Waals surface area contributed by atoms with Gasteiger partial charge in [-0.05, 0) is 26.3 Å².